The molecular formula is C23H31N3O. The Labute approximate surface area is 162 Å². The highest BCUT2D eigenvalue weighted by atomic mass is 16.2. The highest BCUT2D eigenvalue weighted by Gasteiger charge is 2.36. The van der Waals surface area contributed by atoms with Crippen molar-refractivity contribution in [3.63, 3.8) is 0 Å². The van der Waals surface area contributed by atoms with E-state index in [1.54, 1.807) is 0 Å². The van der Waals surface area contributed by atoms with E-state index in [9.17, 15) is 4.79 Å². The fourth-order valence-electron chi connectivity index (χ4n) is 4.88. The van der Waals surface area contributed by atoms with Gasteiger partial charge in [0.25, 0.3) is 0 Å². The fraction of sp³-hybridized carbons (Fsp3) is 0.522. The number of hydrogen-bond acceptors (Lipinski definition) is 2. The molecule has 4 heteroatoms. The van der Waals surface area contributed by atoms with Crippen molar-refractivity contribution in [2.45, 2.75) is 58.5 Å². The molecule has 144 valence electrons. The van der Waals surface area contributed by atoms with Crippen LogP contribution in [0.4, 0.5) is 0 Å². The van der Waals surface area contributed by atoms with E-state index in [0.717, 1.165) is 38.8 Å². The van der Waals surface area contributed by atoms with E-state index < -0.39 is 0 Å². The molecule has 4 nitrogen and oxygen atoms in total. The van der Waals surface area contributed by atoms with Crippen LogP contribution in [0.1, 0.15) is 51.2 Å². The predicted octanol–water partition coefficient (Wildman–Crippen LogP) is 4.12. The maximum atomic E-state index is 13.0. The summed E-state index contributed by atoms with van der Waals surface area (Å²) in [6, 6.07) is 7.12. The molecule has 0 fully saturated rings. The molecule has 2 aliphatic rings. The Morgan fingerprint density at radius 3 is 2.96 bits per heavy atom. The number of aromatic amines is 1. The first-order valence-corrected chi connectivity index (χ1v) is 10.5. The quantitative estimate of drug-likeness (QED) is 0.809. The molecule has 0 saturated carbocycles. The Bertz CT molecular complexity index is 866. The first-order chi connectivity index (χ1) is 13.1. The van der Waals surface area contributed by atoms with Crippen molar-refractivity contribution in [3.8, 4) is 0 Å². The van der Waals surface area contributed by atoms with Crippen LogP contribution in [-0.2, 0) is 11.2 Å². The highest BCUT2D eigenvalue weighted by molar-refractivity contribution is 5.99. The van der Waals surface area contributed by atoms with Crippen molar-refractivity contribution in [1.29, 1.82) is 0 Å². The highest BCUT2D eigenvalue weighted by Crippen LogP contribution is 2.41. The Balaban J connectivity index is 1.70. The number of amides is 1. The second-order valence-corrected chi connectivity index (χ2v) is 8.18. The van der Waals surface area contributed by atoms with Crippen LogP contribution < -0.4 is 5.32 Å². The van der Waals surface area contributed by atoms with Crippen LogP contribution in [0.25, 0.3) is 16.5 Å². The van der Waals surface area contributed by atoms with Gasteiger partial charge in [0.1, 0.15) is 0 Å². The molecule has 1 aliphatic carbocycles. The molecule has 2 N–H and O–H groups in total. The minimum atomic E-state index is -0.0714. The van der Waals surface area contributed by atoms with Crippen LogP contribution in [0, 0.1) is 5.92 Å². The van der Waals surface area contributed by atoms with E-state index in [4.69, 9.17) is 0 Å². The van der Waals surface area contributed by atoms with Crippen LogP contribution in [0.3, 0.4) is 0 Å². The van der Waals surface area contributed by atoms with Gasteiger partial charge < -0.3 is 10.3 Å². The molecule has 2 aromatic rings. The third-order valence-corrected chi connectivity index (χ3v) is 6.08. The van der Waals surface area contributed by atoms with Gasteiger partial charge >= 0.3 is 0 Å². The summed E-state index contributed by atoms with van der Waals surface area (Å²) in [5, 5.41) is 4.58. The average molecular weight is 366 g/mol. The van der Waals surface area contributed by atoms with Gasteiger partial charge in [-0.05, 0) is 55.5 Å². The zero-order valence-corrected chi connectivity index (χ0v) is 16.7. The van der Waals surface area contributed by atoms with Crippen LogP contribution in [0.5, 0.6) is 0 Å². The molecule has 0 unspecified atom stereocenters. The van der Waals surface area contributed by atoms with Gasteiger partial charge in [0.05, 0.1) is 5.92 Å². The number of fused-ring (bicyclic) bond motifs is 2. The van der Waals surface area contributed by atoms with Crippen LogP contribution in [0.2, 0.25) is 0 Å². The smallest absolute Gasteiger partial charge is 0.228 e. The van der Waals surface area contributed by atoms with Gasteiger partial charge in [-0.3, -0.25) is 9.69 Å². The second-order valence-electron chi connectivity index (χ2n) is 8.18. The van der Waals surface area contributed by atoms with Gasteiger partial charge in [-0.1, -0.05) is 38.5 Å². The lowest BCUT2D eigenvalue weighted by Gasteiger charge is -2.41. The summed E-state index contributed by atoms with van der Waals surface area (Å²) in [6.07, 6.45) is 8.69. The fourth-order valence-corrected chi connectivity index (χ4v) is 4.88. The maximum Gasteiger partial charge on any atom is 0.228 e. The molecule has 2 heterocycles. The molecule has 1 aromatic carbocycles. The van der Waals surface area contributed by atoms with Gasteiger partial charge in [0.2, 0.25) is 5.91 Å². The second kappa shape index (κ2) is 7.51. The van der Waals surface area contributed by atoms with Crippen LogP contribution >= 0.6 is 0 Å². The number of carbonyl (C=O) groups is 1. The maximum absolute atomic E-state index is 13.0. The number of aromatic nitrogens is 1. The number of rotatable bonds is 6. The molecule has 27 heavy (non-hydrogen) atoms. The zero-order chi connectivity index (χ0) is 19.0. The normalized spacial score (nSPS) is 23.0. The summed E-state index contributed by atoms with van der Waals surface area (Å²) in [7, 11) is 0. The monoisotopic (exact) mass is 365 g/mol. The predicted molar refractivity (Wildman–Crippen MR) is 112 cm³/mol. The Kier molecular flexibility index (Phi) is 5.09. The minimum absolute atomic E-state index is 0.0714. The lowest BCUT2D eigenvalue weighted by molar-refractivity contribution is -0.125. The summed E-state index contributed by atoms with van der Waals surface area (Å²) < 4.78 is 0. The van der Waals surface area contributed by atoms with E-state index in [1.165, 1.54) is 27.6 Å². The van der Waals surface area contributed by atoms with Crippen molar-refractivity contribution in [2.75, 3.05) is 13.1 Å². The third-order valence-electron chi connectivity index (χ3n) is 6.08. The third kappa shape index (κ3) is 3.31. The Morgan fingerprint density at radius 2 is 2.19 bits per heavy atom. The number of nitrogens with one attached hydrogen (secondary N) is 2. The van der Waals surface area contributed by atoms with Gasteiger partial charge in [-0.15, -0.1) is 0 Å². The zero-order valence-electron chi connectivity index (χ0n) is 16.7. The van der Waals surface area contributed by atoms with Gasteiger partial charge in [-0.2, -0.15) is 0 Å². The van der Waals surface area contributed by atoms with E-state index >= 15 is 0 Å². The first kappa shape index (κ1) is 18.3. The largest absolute Gasteiger partial charge is 0.361 e. The number of carbonyl (C=O) groups excluding carboxylic acids is 1. The molecule has 1 aliphatic heterocycles. The standard InChI is InChI=1S/C23H31N3O/c1-4-7-15(3)25-23(27)17-11-19-18-8-6-9-20-22(18)16(13-24-20)12-21(19)26(14-17)10-5-2/h6,8-9,11,13,15,17,21,24H,4-5,7,10,12,14H2,1-3H3,(H,25,27)/t15-,17-,21-/m1/s1. The lowest BCUT2D eigenvalue weighted by Crippen LogP contribution is -2.49. The van der Waals surface area contributed by atoms with E-state index in [-0.39, 0.29) is 17.9 Å². The molecule has 0 saturated heterocycles. The van der Waals surface area contributed by atoms with Crippen LogP contribution in [-0.4, -0.2) is 41.0 Å². The number of H-pyrrole nitrogens is 1. The van der Waals surface area contributed by atoms with Crippen molar-refractivity contribution < 1.29 is 4.79 Å². The van der Waals surface area contributed by atoms with Crippen molar-refractivity contribution in [3.05, 3.63) is 41.6 Å². The summed E-state index contributed by atoms with van der Waals surface area (Å²) in [6.45, 7) is 8.35. The molecular weight excluding hydrogens is 334 g/mol. The molecule has 1 aromatic heterocycles. The summed E-state index contributed by atoms with van der Waals surface area (Å²) in [4.78, 5) is 18.9. The summed E-state index contributed by atoms with van der Waals surface area (Å²) in [5.74, 6) is 0.105. The van der Waals surface area contributed by atoms with Crippen molar-refractivity contribution >= 4 is 22.4 Å². The number of hydrogen-bond donors (Lipinski definition) is 2. The minimum Gasteiger partial charge on any atom is -0.361 e. The van der Waals surface area contributed by atoms with Gasteiger partial charge in [0.15, 0.2) is 0 Å². The molecule has 4 rings (SSSR count). The lowest BCUT2D eigenvalue weighted by atomic mass is 9.79. The van der Waals surface area contributed by atoms with E-state index in [2.05, 4.69) is 66.4 Å². The number of benzene rings is 1. The van der Waals surface area contributed by atoms with Crippen LogP contribution in [0.15, 0.2) is 30.5 Å². The Hall–Kier alpha value is -2.07. The molecule has 0 radical (unpaired) electrons. The number of nitrogens with zero attached hydrogens (tertiary/aromatic N) is 1. The molecule has 0 bridgehead atoms. The average Bonchev–Trinajstić information content (AvgIpc) is 3.07. The molecule has 1 amide bonds. The molecule has 0 spiro atoms. The van der Waals surface area contributed by atoms with Crippen molar-refractivity contribution in [2.24, 2.45) is 5.92 Å². The van der Waals surface area contributed by atoms with E-state index in [0.29, 0.717) is 6.04 Å². The van der Waals surface area contributed by atoms with Crippen molar-refractivity contribution in [1.82, 2.24) is 15.2 Å². The Morgan fingerprint density at radius 1 is 1.33 bits per heavy atom. The van der Waals surface area contributed by atoms with E-state index in [1.807, 2.05) is 0 Å². The molecule has 3 atom stereocenters. The SMILES string of the molecule is CCC[C@@H](C)NC(=O)[C@@H]1C=C2c3cccc4[nH]cc(c34)C[C@H]2N(CCC)C1. The van der Waals surface area contributed by atoms with Gasteiger partial charge in [0, 0.05) is 35.7 Å². The van der Waals surface area contributed by atoms with Gasteiger partial charge in [-0.25, -0.2) is 0 Å². The summed E-state index contributed by atoms with van der Waals surface area (Å²) in [5.41, 5.74) is 5.26. The topological polar surface area (TPSA) is 48.1 Å². The first-order valence-electron chi connectivity index (χ1n) is 10.5. The summed E-state index contributed by atoms with van der Waals surface area (Å²) >= 11 is 0.